The van der Waals surface area contributed by atoms with Crippen LogP contribution in [0.5, 0.6) is 0 Å². The molecule has 1 fully saturated rings. The van der Waals surface area contributed by atoms with Crippen molar-refractivity contribution in [3.63, 3.8) is 0 Å². The molecule has 3 rings (SSSR count). The Kier molecular flexibility index (Phi) is 4.06. The SMILES string of the molecule is O=C(NCC1(c2cccs2)CCCC1)c1ccccc1F. The van der Waals surface area contributed by atoms with Gasteiger partial charge in [-0.3, -0.25) is 4.79 Å². The summed E-state index contributed by atoms with van der Waals surface area (Å²) in [4.78, 5) is 13.5. The Labute approximate surface area is 128 Å². The predicted molar refractivity (Wildman–Crippen MR) is 83.2 cm³/mol. The number of benzene rings is 1. The molecule has 1 saturated carbocycles. The fourth-order valence-electron chi connectivity index (χ4n) is 3.13. The number of hydrogen-bond donors (Lipinski definition) is 1. The van der Waals surface area contributed by atoms with Crippen LogP contribution in [0.2, 0.25) is 0 Å². The van der Waals surface area contributed by atoms with Crippen LogP contribution in [0, 0.1) is 5.82 Å². The van der Waals surface area contributed by atoms with Crippen molar-refractivity contribution in [2.75, 3.05) is 6.54 Å². The van der Waals surface area contributed by atoms with Crippen LogP contribution in [0.1, 0.15) is 40.9 Å². The highest BCUT2D eigenvalue weighted by atomic mass is 32.1. The molecule has 21 heavy (non-hydrogen) atoms. The van der Waals surface area contributed by atoms with Gasteiger partial charge in [0.25, 0.3) is 5.91 Å². The van der Waals surface area contributed by atoms with Gasteiger partial charge in [0.1, 0.15) is 5.82 Å². The Bertz CT molecular complexity index is 617. The van der Waals surface area contributed by atoms with Gasteiger partial charge in [0.2, 0.25) is 0 Å². The van der Waals surface area contributed by atoms with Gasteiger partial charge in [0.15, 0.2) is 0 Å². The van der Waals surface area contributed by atoms with Gasteiger partial charge < -0.3 is 5.32 Å². The van der Waals surface area contributed by atoms with Crippen molar-refractivity contribution in [2.45, 2.75) is 31.1 Å². The first-order valence-corrected chi connectivity index (χ1v) is 8.16. The van der Waals surface area contributed by atoms with Gasteiger partial charge in [0, 0.05) is 16.8 Å². The average molecular weight is 303 g/mol. The molecular weight excluding hydrogens is 285 g/mol. The maximum absolute atomic E-state index is 13.7. The van der Waals surface area contributed by atoms with Gasteiger partial charge >= 0.3 is 0 Å². The van der Waals surface area contributed by atoms with E-state index in [9.17, 15) is 9.18 Å². The summed E-state index contributed by atoms with van der Waals surface area (Å²) in [6.45, 7) is 0.584. The molecule has 2 aromatic rings. The van der Waals surface area contributed by atoms with Crippen molar-refractivity contribution in [1.82, 2.24) is 5.32 Å². The third-order valence-electron chi connectivity index (χ3n) is 4.31. The Morgan fingerprint density at radius 1 is 1.19 bits per heavy atom. The molecule has 0 bridgehead atoms. The zero-order valence-corrected chi connectivity index (χ0v) is 12.6. The second kappa shape index (κ2) is 5.98. The lowest BCUT2D eigenvalue weighted by Crippen LogP contribution is -2.38. The number of carbonyl (C=O) groups excluding carboxylic acids is 1. The number of rotatable bonds is 4. The quantitative estimate of drug-likeness (QED) is 0.904. The molecule has 0 spiro atoms. The molecule has 1 amide bonds. The zero-order valence-electron chi connectivity index (χ0n) is 11.8. The molecule has 0 unspecified atom stereocenters. The van der Waals surface area contributed by atoms with Crippen molar-refractivity contribution >= 4 is 17.2 Å². The monoisotopic (exact) mass is 303 g/mol. The second-order valence-electron chi connectivity index (χ2n) is 5.63. The molecule has 4 heteroatoms. The number of halogens is 1. The first kappa shape index (κ1) is 14.3. The fourth-order valence-corrected chi connectivity index (χ4v) is 4.12. The summed E-state index contributed by atoms with van der Waals surface area (Å²) < 4.78 is 13.7. The lowest BCUT2D eigenvalue weighted by Gasteiger charge is -2.28. The van der Waals surface area contributed by atoms with Gasteiger partial charge in [-0.25, -0.2) is 4.39 Å². The van der Waals surface area contributed by atoms with Crippen LogP contribution in [0.25, 0.3) is 0 Å². The van der Waals surface area contributed by atoms with Crippen molar-refractivity contribution < 1.29 is 9.18 Å². The standard InChI is InChI=1S/C17H18FNOS/c18-14-7-2-1-6-13(14)16(20)19-12-17(9-3-4-10-17)15-8-5-11-21-15/h1-2,5-8,11H,3-4,9-10,12H2,(H,19,20). The summed E-state index contributed by atoms with van der Waals surface area (Å²) in [7, 11) is 0. The molecular formula is C17H18FNOS. The molecule has 2 nitrogen and oxygen atoms in total. The Hall–Kier alpha value is -1.68. The minimum absolute atomic E-state index is 0.0368. The van der Waals surface area contributed by atoms with E-state index in [1.54, 1.807) is 23.5 Å². The zero-order chi connectivity index (χ0) is 14.7. The number of thiophene rings is 1. The second-order valence-corrected chi connectivity index (χ2v) is 6.57. The van der Waals surface area contributed by atoms with Crippen molar-refractivity contribution in [3.05, 3.63) is 58.0 Å². The van der Waals surface area contributed by atoms with E-state index >= 15 is 0 Å². The van der Waals surface area contributed by atoms with E-state index in [1.807, 2.05) is 0 Å². The van der Waals surface area contributed by atoms with Gasteiger partial charge in [-0.1, -0.05) is 31.0 Å². The van der Waals surface area contributed by atoms with Crippen LogP contribution in [-0.4, -0.2) is 12.5 Å². The Balaban J connectivity index is 1.74. The summed E-state index contributed by atoms with van der Waals surface area (Å²) in [6.07, 6.45) is 4.55. The average Bonchev–Trinajstić information content (AvgIpc) is 3.17. The maximum Gasteiger partial charge on any atom is 0.254 e. The molecule has 0 atom stereocenters. The number of nitrogens with one attached hydrogen (secondary N) is 1. The topological polar surface area (TPSA) is 29.1 Å². The van der Waals surface area contributed by atoms with Crippen LogP contribution in [-0.2, 0) is 5.41 Å². The molecule has 0 aliphatic heterocycles. The van der Waals surface area contributed by atoms with Crippen LogP contribution >= 0.6 is 11.3 Å². The number of carbonyl (C=O) groups is 1. The van der Waals surface area contributed by atoms with Crippen molar-refractivity contribution in [1.29, 1.82) is 0 Å². The summed E-state index contributed by atoms with van der Waals surface area (Å²) in [5.41, 5.74) is 0.159. The third-order valence-corrected chi connectivity index (χ3v) is 5.43. The molecule has 1 aromatic carbocycles. The number of amides is 1. The van der Waals surface area contributed by atoms with Crippen molar-refractivity contribution in [2.24, 2.45) is 0 Å². The molecule has 1 aliphatic carbocycles. The minimum atomic E-state index is -0.466. The van der Waals surface area contributed by atoms with Gasteiger partial charge in [-0.05, 0) is 36.4 Å². The van der Waals surface area contributed by atoms with E-state index < -0.39 is 5.82 Å². The summed E-state index contributed by atoms with van der Waals surface area (Å²) in [6, 6.07) is 10.3. The van der Waals surface area contributed by atoms with E-state index in [4.69, 9.17) is 0 Å². The van der Waals surface area contributed by atoms with E-state index in [2.05, 4.69) is 22.8 Å². The van der Waals surface area contributed by atoms with Crippen LogP contribution < -0.4 is 5.32 Å². The number of hydrogen-bond acceptors (Lipinski definition) is 2. The molecule has 0 saturated heterocycles. The van der Waals surface area contributed by atoms with Gasteiger partial charge in [-0.15, -0.1) is 11.3 Å². The minimum Gasteiger partial charge on any atom is -0.351 e. The highest BCUT2D eigenvalue weighted by Crippen LogP contribution is 2.42. The van der Waals surface area contributed by atoms with E-state index in [-0.39, 0.29) is 16.9 Å². The van der Waals surface area contributed by atoms with E-state index in [0.29, 0.717) is 6.54 Å². The highest BCUT2D eigenvalue weighted by molar-refractivity contribution is 7.10. The van der Waals surface area contributed by atoms with Crippen LogP contribution in [0.4, 0.5) is 4.39 Å². The molecule has 0 radical (unpaired) electrons. The largest absolute Gasteiger partial charge is 0.351 e. The predicted octanol–water partition coefficient (Wildman–Crippen LogP) is 4.13. The summed E-state index contributed by atoms with van der Waals surface area (Å²) in [5, 5.41) is 5.02. The first-order chi connectivity index (χ1) is 10.2. The van der Waals surface area contributed by atoms with Crippen LogP contribution in [0.15, 0.2) is 41.8 Å². The van der Waals surface area contributed by atoms with E-state index in [0.717, 1.165) is 12.8 Å². The van der Waals surface area contributed by atoms with Crippen molar-refractivity contribution in [3.8, 4) is 0 Å². The molecule has 1 heterocycles. The fraction of sp³-hybridized carbons (Fsp3) is 0.353. The Morgan fingerprint density at radius 3 is 2.62 bits per heavy atom. The molecule has 1 aliphatic rings. The maximum atomic E-state index is 13.7. The normalized spacial score (nSPS) is 16.8. The third kappa shape index (κ3) is 2.86. The lowest BCUT2D eigenvalue weighted by atomic mass is 9.84. The first-order valence-electron chi connectivity index (χ1n) is 7.28. The summed E-state index contributed by atoms with van der Waals surface area (Å²) in [5.74, 6) is -0.789. The van der Waals surface area contributed by atoms with Crippen LogP contribution in [0.3, 0.4) is 0 Å². The van der Waals surface area contributed by atoms with Gasteiger partial charge in [-0.2, -0.15) is 0 Å². The smallest absolute Gasteiger partial charge is 0.254 e. The molecule has 1 N–H and O–H groups in total. The lowest BCUT2D eigenvalue weighted by molar-refractivity contribution is 0.0939. The Morgan fingerprint density at radius 2 is 1.95 bits per heavy atom. The van der Waals surface area contributed by atoms with E-state index in [1.165, 1.54) is 29.9 Å². The molecule has 110 valence electrons. The summed E-state index contributed by atoms with van der Waals surface area (Å²) >= 11 is 1.74. The van der Waals surface area contributed by atoms with Gasteiger partial charge in [0.05, 0.1) is 5.56 Å². The molecule has 1 aromatic heterocycles. The highest BCUT2D eigenvalue weighted by Gasteiger charge is 2.36.